The third-order valence-corrected chi connectivity index (χ3v) is 6.50. The van der Waals surface area contributed by atoms with Crippen molar-refractivity contribution in [2.24, 2.45) is 0 Å². The van der Waals surface area contributed by atoms with Crippen molar-refractivity contribution >= 4 is 23.3 Å². The first-order valence-electron chi connectivity index (χ1n) is 11.7. The lowest BCUT2D eigenvalue weighted by molar-refractivity contribution is 0.0951. The van der Waals surface area contributed by atoms with E-state index in [1.165, 1.54) is 5.56 Å². The molecule has 3 aromatic rings. The van der Waals surface area contributed by atoms with Crippen molar-refractivity contribution in [3.05, 3.63) is 82.5 Å². The van der Waals surface area contributed by atoms with Gasteiger partial charge in [-0.15, -0.1) is 0 Å². The minimum absolute atomic E-state index is 0.135. The molecule has 1 aliphatic heterocycles. The largest absolute Gasteiger partial charge is 0.493 e. The number of nitrogens with one attached hydrogen (secondary N) is 1. The smallest absolute Gasteiger partial charge is 0.251 e. The summed E-state index contributed by atoms with van der Waals surface area (Å²) in [5, 5.41) is 3.62. The van der Waals surface area contributed by atoms with Gasteiger partial charge in [0.05, 0.1) is 14.2 Å². The van der Waals surface area contributed by atoms with Crippen LogP contribution < -0.4 is 19.7 Å². The number of hydrogen-bond acceptors (Lipinski definition) is 6. The second-order valence-electron chi connectivity index (χ2n) is 8.64. The number of methoxy groups -OCH3 is 2. The summed E-state index contributed by atoms with van der Waals surface area (Å²) in [6, 6.07) is 17.1. The molecule has 1 amide bonds. The zero-order valence-electron chi connectivity index (χ0n) is 20.3. The van der Waals surface area contributed by atoms with Crippen LogP contribution >= 0.6 is 11.6 Å². The van der Waals surface area contributed by atoms with Crippen molar-refractivity contribution in [1.29, 1.82) is 0 Å². The van der Waals surface area contributed by atoms with E-state index in [2.05, 4.69) is 33.1 Å². The van der Waals surface area contributed by atoms with Crippen molar-refractivity contribution in [2.75, 3.05) is 38.8 Å². The molecule has 35 heavy (non-hydrogen) atoms. The van der Waals surface area contributed by atoms with Gasteiger partial charge in [-0.1, -0.05) is 23.7 Å². The molecule has 0 saturated carbocycles. The first-order valence-corrected chi connectivity index (χ1v) is 12.0. The molecule has 7 nitrogen and oxygen atoms in total. The molecule has 0 aliphatic carbocycles. The summed E-state index contributed by atoms with van der Waals surface area (Å²) in [6.07, 6.45) is 1.81. The highest BCUT2D eigenvalue weighted by molar-refractivity contribution is 6.30. The van der Waals surface area contributed by atoms with Gasteiger partial charge in [-0.3, -0.25) is 9.69 Å². The number of carbonyl (C=O) groups excluding carboxylic acids is 1. The van der Waals surface area contributed by atoms with Gasteiger partial charge in [0.15, 0.2) is 11.5 Å². The highest BCUT2D eigenvalue weighted by Crippen LogP contribution is 2.29. The lowest BCUT2D eigenvalue weighted by atomic mass is 10.1. The maximum atomic E-state index is 12.6. The fraction of sp³-hybridized carbons (Fsp3) is 0.333. The van der Waals surface area contributed by atoms with Crippen LogP contribution in [0, 0.1) is 0 Å². The highest BCUT2D eigenvalue weighted by Gasteiger charge is 2.26. The van der Waals surface area contributed by atoms with E-state index < -0.39 is 0 Å². The van der Waals surface area contributed by atoms with Gasteiger partial charge in [0, 0.05) is 61.1 Å². The Morgan fingerprint density at radius 1 is 1.09 bits per heavy atom. The SMILES string of the molecule is COc1ccc(CN2CCN(c3ncccc3CNC(=O)c3ccc(Cl)cc3)C(C)C2)cc1OC. The second-order valence-corrected chi connectivity index (χ2v) is 9.08. The monoisotopic (exact) mass is 494 g/mol. The maximum Gasteiger partial charge on any atom is 0.251 e. The zero-order chi connectivity index (χ0) is 24.8. The molecule has 184 valence electrons. The van der Waals surface area contributed by atoms with E-state index in [0.717, 1.165) is 49.1 Å². The summed E-state index contributed by atoms with van der Waals surface area (Å²) < 4.78 is 10.8. The van der Waals surface area contributed by atoms with Gasteiger partial charge in [0.25, 0.3) is 5.91 Å². The van der Waals surface area contributed by atoms with E-state index in [0.29, 0.717) is 17.1 Å². The van der Waals surface area contributed by atoms with Crippen molar-refractivity contribution in [2.45, 2.75) is 26.1 Å². The number of anilines is 1. The second kappa shape index (κ2) is 11.4. The third kappa shape index (κ3) is 6.05. The summed E-state index contributed by atoms with van der Waals surface area (Å²) in [4.78, 5) is 22.0. The van der Waals surface area contributed by atoms with Crippen LogP contribution in [0.25, 0.3) is 0 Å². The molecule has 0 radical (unpaired) electrons. The fourth-order valence-electron chi connectivity index (χ4n) is 4.43. The zero-order valence-corrected chi connectivity index (χ0v) is 21.1. The molecular formula is C27H31ClN4O3. The Bertz CT molecular complexity index is 1160. The summed E-state index contributed by atoms with van der Waals surface area (Å²) in [5.41, 5.74) is 2.76. The number of aromatic nitrogens is 1. The Morgan fingerprint density at radius 2 is 1.86 bits per heavy atom. The molecule has 8 heteroatoms. The minimum Gasteiger partial charge on any atom is -0.493 e. The molecule has 0 bridgehead atoms. The van der Waals surface area contributed by atoms with Crippen LogP contribution in [-0.2, 0) is 13.1 Å². The molecule has 1 aromatic heterocycles. The van der Waals surface area contributed by atoms with E-state index in [9.17, 15) is 4.79 Å². The Balaban J connectivity index is 1.39. The van der Waals surface area contributed by atoms with Gasteiger partial charge in [-0.2, -0.15) is 0 Å². The molecule has 1 unspecified atom stereocenters. The van der Waals surface area contributed by atoms with E-state index in [-0.39, 0.29) is 11.9 Å². The lowest BCUT2D eigenvalue weighted by Gasteiger charge is -2.41. The average Bonchev–Trinajstić information content (AvgIpc) is 2.88. The number of hydrogen-bond donors (Lipinski definition) is 1. The number of amides is 1. The van der Waals surface area contributed by atoms with Gasteiger partial charge in [-0.25, -0.2) is 4.98 Å². The van der Waals surface area contributed by atoms with E-state index >= 15 is 0 Å². The van der Waals surface area contributed by atoms with Gasteiger partial charge < -0.3 is 19.7 Å². The van der Waals surface area contributed by atoms with Crippen LogP contribution in [0.2, 0.25) is 5.02 Å². The van der Waals surface area contributed by atoms with Crippen LogP contribution in [0.15, 0.2) is 60.8 Å². The Kier molecular flexibility index (Phi) is 8.10. The standard InChI is InChI=1S/C27H31ClN4O3/c1-19-17-31(18-20-6-11-24(34-2)25(15-20)35-3)13-14-32(19)26-22(5-4-12-29-26)16-30-27(33)21-7-9-23(28)10-8-21/h4-12,15,19H,13-14,16-18H2,1-3H3,(H,30,33). The molecule has 1 atom stereocenters. The fourth-order valence-corrected chi connectivity index (χ4v) is 4.56. The van der Waals surface area contributed by atoms with Crippen molar-refractivity contribution in [3.63, 3.8) is 0 Å². The number of benzene rings is 2. The van der Waals surface area contributed by atoms with E-state index in [1.807, 2.05) is 30.5 Å². The van der Waals surface area contributed by atoms with Gasteiger partial charge >= 0.3 is 0 Å². The quantitative estimate of drug-likeness (QED) is 0.501. The van der Waals surface area contributed by atoms with Crippen LogP contribution in [0.3, 0.4) is 0 Å². The molecular weight excluding hydrogens is 464 g/mol. The van der Waals surface area contributed by atoms with Crippen LogP contribution in [0.1, 0.15) is 28.4 Å². The number of piperazine rings is 1. The Labute approximate surface area is 211 Å². The number of rotatable bonds is 8. The minimum atomic E-state index is -0.135. The molecule has 1 saturated heterocycles. The normalized spacial score (nSPS) is 16.1. The van der Waals surface area contributed by atoms with Gasteiger partial charge in [-0.05, 0) is 55.0 Å². The van der Waals surface area contributed by atoms with Crippen molar-refractivity contribution < 1.29 is 14.3 Å². The molecule has 2 heterocycles. The highest BCUT2D eigenvalue weighted by atomic mass is 35.5. The summed E-state index contributed by atoms with van der Waals surface area (Å²) in [7, 11) is 3.30. The first-order chi connectivity index (χ1) is 17.0. The topological polar surface area (TPSA) is 66.9 Å². The van der Waals surface area contributed by atoms with Crippen LogP contribution in [-0.4, -0.2) is 55.7 Å². The van der Waals surface area contributed by atoms with Crippen LogP contribution in [0.4, 0.5) is 5.82 Å². The van der Waals surface area contributed by atoms with E-state index in [4.69, 9.17) is 21.1 Å². The predicted molar refractivity (Wildman–Crippen MR) is 138 cm³/mol. The maximum absolute atomic E-state index is 12.6. The van der Waals surface area contributed by atoms with Gasteiger partial charge in [0.2, 0.25) is 0 Å². The van der Waals surface area contributed by atoms with Crippen molar-refractivity contribution in [1.82, 2.24) is 15.2 Å². The average molecular weight is 495 g/mol. The first kappa shape index (κ1) is 24.8. The number of nitrogens with zero attached hydrogens (tertiary/aromatic N) is 3. The molecule has 0 spiro atoms. The molecule has 2 aromatic carbocycles. The van der Waals surface area contributed by atoms with E-state index in [1.54, 1.807) is 38.5 Å². The predicted octanol–water partition coefficient (Wildman–Crippen LogP) is 4.39. The molecule has 1 N–H and O–H groups in total. The third-order valence-electron chi connectivity index (χ3n) is 6.25. The lowest BCUT2D eigenvalue weighted by Crippen LogP contribution is -2.52. The summed E-state index contributed by atoms with van der Waals surface area (Å²) in [5.74, 6) is 2.27. The number of ether oxygens (including phenoxy) is 2. The Morgan fingerprint density at radius 3 is 2.57 bits per heavy atom. The number of pyridine rings is 1. The Hall–Kier alpha value is -3.29. The van der Waals surface area contributed by atoms with Gasteiger partial charge in [0.1, 0.15) is 5.82 Å². The molecule has 1 aliphatic rings. The molecule has 4 rings (SSSR count). The number of carbonyl (C=O) groups is 1. The molecule has 1 fully saturated rings. The number of halogens is 1. The van der Waals surface area contributed by atoms with Crippen LogP contribution in [0.5, 0.6) is 11.5 Å². The van der Waals surface area contributed by atoms with Crippen molar-refractivity contribution in [3.8, 4) is 11.5 Å². The summed E-state index contributed by atoms with van der Waals surface area (Å²) in [6.45, 7) is 6.12. The summed E-state index contributed by atoms with van der Waals surface area (Å²) >= 11 is 5.93.